The van der Waals surface area contributed by atoms with Crippen LogP contribution in [0.5, 0.6) is 11.5 Å². The van der Waals surface area contributed by atoms with Crippen molar-refractivity contribution in [1.29, 1.82) is 0 Å². The summed E-state index contributed by atoms with van der Waals surface area (Å²) in [5.74, 6) is 1.50. The Morgan fingerprint density at radius 2 is 1.85 bits per heavy atom. The lowest BCUT2D eigenvalue weighted by Gasteiger charge is -2.14. The molecule has 0 aromatic heterocycles. The molecule has 0 aliphatic heterocycles. The van der Waals surface area contributed by atoms with E-state index >= 15 is 0 Å². The molecule has 0 saturated heterocycles. The van der Waals surface area contributed by atoms with Gasteiger partial charge in [0.25, 0.3) is 0 Å². The number of ether oxygens (including phenoxy) is 4. The molecule has 0 aliphatic rings. The van der Waals surface area contributed by atoms with Crippen LogP contribution in [0.1, 0.15) is 12.0 Å². The Kier molecular flexibility index (Phi) is 8.78. The molecule has 0 atom stereocenters. The van der Waals surface area contributed by atoms with E-state index in [4.69, 9.17) is 42.1 Å². The van der Waals surface area contributed by atoms with Gasteiger partial charge in [0, 0.05) is 37.0 Å². The maximum absolute atomic E-state index is 5.98. The van der Waals surface area contributed by atoms with Crippen molar-refractivity contribution in [3.63, 3.8) is 0 Å². The average molecular weight is 323 g/mol. The quantitative estimate of drug-likeness (QED) is 0.488. The summed E-state index contributed by atoms with van der Waals surface area (Å²) in [6.45, 7) is 2.27. The minimum absolute atomic E-state index is 0.306. The molecule has 1 aromatic carbocycles. The fourth-order valence-corrected chi connectivity index (χ4v) is 2.08. The van der Waals surface area contributed by atoms with E-state index in [-0.39, 0.29) is 0 Å². The van der Waals surface area contributed by atoms with Crippen molar-refractivity contribution in [3.8, 4) is 11.5 Å². The number of benzene rings is 1. The van der Waals surface area contributed by atoms with E-state index in [0.717, 1.165) is 12.0 Å². The SMILES string of the molecule is COCCCOCCOc1c(CCl)cc(Cl)cc1OC. The lowest BCUT2D eigenvalue weighted by molar-refractivity contribution is 0.0798. The largest absolute Gasteiger partial charge is 0.493 e. The van der Waals surface area contributed by atoms with Crippen LogP contribution in [0.25, 0.3) is 0 Å². The molecular weight excluding hydrogens is 303 g/mol. The summed E-state index contributed by atoms with van der Waals surface area (Å²) < 4.78 is 21.3. The number of hydrogen-bond donors (Lipinski definition) is 0. The third-order valence-electron chi connectivity index (χ3n) is 2.57. The molecule has 0 heterocycles. The molecule has 0 aliphatic carbocycles. The van der Waals surface area contributed by atoms with Crippen molar-refractivity contribution in [2.24, 2.45) is 0 Å². The molecule has 4 nitrogen and oxygen atoms in total. The van der Waals surface area contributed by atoms with Gasteiger partial charge >= 0.3 is 0 Å². The van der Waals surface area contributed by atoms with Crippen LogP contribution in [0.2, 0.25) is 5.02 Å². The van der Waals surface area contributed by atoms with Gasteiger partial charge in [0.05, 0.1) is 19.6 Å². The topological polar surface area (TPSA) is 36.9 Å². The van der Waals surface area contributed by atoms with Crippen molar-refractivity contribution in [3.05, 3.63) is 22.7 Å². The zero-order valence-corrected chi connectivity index (χ0v) is 13.3. The minimum Gasteiger partial charge on any atom is -0.493 e. The fourth-order valence-electron chi connectivity index (χ4n) is 1.65. The van der Waals surface area contributed by atoms with Crippen molar-refractivity contribution in [1.82, 2.24) is 0 Å². The van der Waals surface area contributed by atoms with Crippen molar-refractivity contribution < 1.29 is 18.9 Å². The van der Waals surface area contributed by atoms with Gasteiger partial charge in [-0.2, -0.15) is 0 Å². The Balaban J connectivity index is 2.46. The maximum atomic E-state index is 5.98. The Morgan fingerprint density at radius 1 is 1.05 bits per heavy atom. The first-order chi connectivity index (χ1) is 9.72. The van der Waals surface area contributed by atoms with Gasteiger partial charge < -0.3 is 18.9 Å². The van der Waals surface area contributed by atoms with Gasteiger partial charge in [-0.05, 0) is 12.5 Å². The van der Waals surface area contributed by atoms with Gasteiger partial charge in [-0.3, -0.25) is 0 Å². The molecular formula is C14H20Cl2O4. The molecule has 0 amide bonds. The van der Waals surface area contributed by atoms with Crippen LogP contribution >= 0.6 is 23.2 Å². The molecule has 0 fully saturated rings. The standard InChI is InChI=1S/C14H20Cl2O4/c1-17-4-3-5-19-6-7-20-14-11(10-15)8-12(16)9-13(14)18-2/h8-9H,3-7,10H2,1-2H3. The van der Waals surface area contributed by atoms with Crippen LogP contribution in [0.3, 0.4) is 0 Å². The minimum atomic E-state index is 0.306. The van der Waals surface area contributed by atoms with Crippen molar-refractivity contribution in [2.45, 2.75) is 12.3 Å². The fraction of sp³-hybridized carbons (Fsp3) is 0.571. The third kappa shape index (κ3) is 5.75. The molecule has 1 rings (SSSR count). The van der Waals surface area contributed by atoms with Crippen LogP contribution in [-0.2, 0) is 15.4 Å². The predicted molar refractivity (Wildman–Crippen MR) is 80.4 cm³/mol. The summed E-state index contributed by atoms with van der Waals surface area (Å²) in [6, 6.07) is 3.47. The van der Waals surface area contributed by atoms with Gasteiger partial charge in [0.1, 0.15) is 6.61 Å². The third-order valence-corrected chi connectivity index (χ3v) is 3.08. The lowest BCUT2D eigenvalue weighted by atomic mass is 10.2. The summed E-state index contributed by atoms with van der Waals surface area (Å²) in [5.41, 5.74) is 0.801. The predicted octanol–water partition coefficient (Wildman–Crippen LogP) is 3.52. The summed E-state index contributed by atoms with van der Waals surface area (Å²) >= 11 is 11.9. The van der Waals surface area contributed by atoms with Crippen LogP contribution in [-0.4, -0.2) is 40.6 Å². The molecule has 0 N–H and O–H groups in total. The molecule has 6 heteroatoms. The van der Waals surface area contributed by atoms with E-state index in [2.05, 4.69) is 0 Å². The van der Waals surface area contributed by atoms with Gasteiger partial charge in [-0.1, -0.05) is 11.6 Å². The Bertz CT molecular complexity index is 374. The highest BCUT2D eigenvalue weighted by Gasteiger charge is 2.12. The first kappa shape index (κ1) is 17.4. The van der Waals surface area contributed by atoms with Crippen LogP contribution in [0.4, 0.5) is 0 Å². The first-order valence-corrected chi connectivity index (χ1v) is 7.26. The Hall–Kier alpha value is -0.680. The molecule has 114 valence electrons. The van der Waals surface area contributed by atoms with Gasteiger partial charge in [0.2, 0.25) is 0 Å². The van der Waals surface area contributed by atoms with Crippen molar-refractivity contribution in [2.75, 3.05) is 40.6 Å². The number of alkyl halides is 1. The molecule has 0 spiro atoms. The number of methoxy groups -OCH3 is 2. The Labute approximate surface area is 129 Å². The van der Waals surface area contributed by atoms with E-state index in [9.17, 15) is 0 Å². The lowest BCUT2D eigenvalue weighted by Crippen LogP contribution is -2.10. The highest BCUT2D eigenvalue weighted by molar-refractivity contribution is 6.31. The molecule has 0 radical (unpaired) electrons. The molecule has 20 heavy (non-hydrogen) atoms. The van der Waals surface area contributed by atoms with Gasteiger partial charge in [-0.25, -0.2) is 0 Å². The maximum Gasteiger partial charge on any atom is 0.165 e. The summed E-state index contributed by atoms with van der Waals surface area (Å²) in [7, 11) is 3.24. The van der Waals surface area contributed by atoms with Crippen LogP contribution in [0.15, 0.2) is 12.1 Å². The van der Waals surface area contributed by atoms with E-state index < -0.39 is 0 Å². The smallest absolute Gasteiger partial charge is 0.165 e. The highest BCUT2D eigenvalue weighted by Crippen LogP contribution is 2.35. The zero-order chi connectivity index (χ0) is 14.8. The molecule has 0 unspecified atom stereocenters. The van der Waals surface area contributed by atoms with Crippen LogP contribution in [0, 0.1) is 0 Å². The van der Waals surface area contributed by atoms with Gasteiger partial charge in [-0.15, -0.1) is 11.6 Å². The van der Waals surface area contributed by atoms with E-state index in [1.165, 1.54) is 0 Å². The van der Waals surface area contributed by atoms with E-state index in [1.54, 1.807) is 26.4 Å². The highest BCUT2D eigenvalue weighted by atomic mass is 35.5. The zero-order valence-electron chi connectivity index (χ0n) is 11.8. The van der Waals surface area contributed by atoms with Crippen molar-refractivity contribution >= 4 is 23.2 Å². The van der Waals surface area contributed by atoms with E-state index in [1.807, 2.05) is 0 Å². The second-order valence-corrected chi connectivity index (χ2v) is 4.74. The van der Waals surface area contributed by atoms with Crippen LogP contribution < -0.4 is 9.47 Å². The average Bonchev–Trinajstić information content (AvgIpc) is 2.46. The Morgan fingerprint density at radius 3 is 2.50 bits per heavy atom. The number of halogens is 2. The summed E-state index contributed by atoms with van der Waals surface area (Å²) in [4.78, 5) is 0. The monoisotopic (exact) mass is 322 g/mol. The normalized spacial score (nSPS) is 10.6. The second-order valence-electron chi connectivity index (χ2n) is 4.04. The summed E-state index contributed by atoms with van der Waals surface area (Å²) in [6.07, 6.45) is 0.869. The molecule has 1 aromatic rings. The first-order valence-electron chi connectivity index (χ1n) is 6.34. The van der Waals surface area contributed by atoms with Gasteiger partial charge in [0.15, 0.2) is 11.5 Å². The number of hydrogen-bond acceptors (Lipinski definition) is 4. The van der Waals surface area contributed by atoms with E-state index in [0.29, 0.717) is 48.8 Å². The molecule has 0 bridgehead atoms. The second kappa shape index (κ2) is 10.1. The molecule has 0 saturated carbocycles. The summed E-state index contributed by atoms with van der Waals surface area (Å²) in [5, 5.41) is 0.570. The number of rotatable bonds is 10.